The van der Waals surface area contributed by atoms with Gasteiger partial charge in [-0.3, -0.25) is 0 Å². The Labute approximate surface area is 223 Å². The monoisotopic (exact) mass is 514 g/mol. The molecule has 0 fully saturated rings. The van der Waals surface area contributed by atoms with Gasteiger partial charge in [0.15, 0.2) is 8.32 Å². The van der Waals surface area contributed by atoms with Crippen LogP contribution in [0, 0.1) is 5.41 Å². The molecule has 0 aliphatic carbocycles. The number of hydrogen-bond donors (Lipinski definition) is 0. The van der Waals surface area contributed by atoms with E-state index in [2.05, 4.69) is 69.3 Å². The second-order valence-electron chi connectivity index (χ2n) is 11.6. The van der Waals surface area contributed by atoms with E-state index in [0.717, 1.165) is 0 Å². The van der Waals surface area contributed by atoms with Crippen LogP contribution in [0.2, 0.25) is 19.1 Å². The molecule has 0 radical (unpaired) electrons. The molecule has 0 aromatic heterocycles. The largest absolute Gasteiger partial charge is 0.420 e. The lowest BCUT2D eigenvalue weighted by atomic mass is 9.73. The average molecular weight is 514 g/mol. The quantitative estimate of drug-likeness (QED) is 0.116. The molecule has 0 rings (SSSR count). The van der Waals surface area contributed by atoms with Crippen LogP contribution >= 0.6 is 0 Å². The van der Waals surface area contributed by atoms with Crippen LogP contribution in [0.3, 0.4) is 0 Å². The summed E-state index contributed by atoms with van der Waals surface area (Å²) in [6.07, 6.45) is 13.4. The summed E-state index contributed by atoms with van der Waals surface area (Å²) in [5.74, 6) is 0. The van der Waals surface area contributed by atoms with Crippen LogP contribution < -0.4 is 0 Å². The van der Waals surface area contributed by atoms with Gasteiger partial charge < -0.3 is 19.1 Å². The van der Waals surface area contributed by atoms with E-state index in [4.69, 9.17) is 4.43 Å². The first-order chi connectivity index (χ1) is 16.7. The Kier molecular flexibility index (Phi) is 21.1. The van der Waals surface area contributed by atoms with E-state index < -0.39 is 8.32 Å². The third kappa shape index (κ3) is 16.5. The maximum atomic E-state index is 6.02. The van der Waals surface area contributed by atoms with Crippen LogP contribution in [0.4, 0.5) is 0 Å². The Morgan fingerprint density at radius 3 is 1.14 bits per heavy atom. The third-order valence-corrected chi connectivity index (χ3v) is 10.9. The summed E-state index contributed by atoms with van der Waals surface area (Å²) >= 11 is 0. The smallest absolute Gasteiger partial charge is 0.186 e. The summed E-state index contributed by atoms with van der Waals surface area (Å²) in [6, 6.07) is 1.30. The van der Waals surface area contributed by atoms with Gasteiger partial charge in [0.05, 0.1) is 0 Å². The standard InChI is InChI=1S/C30H67N3OSi/c1-10-23-31(13-4)26-16-19-30(22-29-35(8,9)34-7,20-17-27-32(14-5)24-11-2)21-18-28-33(15-6)25-12-3/h10-29H2,1-9H3. The molecule has 0 spiro atoms. The summed E-state index contributed by atoms with van der Waals surface area (Å²) in [5.41, 5.74) is 0.478. The van der Waals surface area contributed by atoms with Gasteiger partial charge >= 0.3 is 0 Å². The number of rotatable bonds is 25. The molecule has 0 unspecified atom stereocenters. The van der Waals surface area contributed by atoms with Gasteiger partial charge in [-0.1, -0.05) is 41.5 Å². The van der Waals surface area contributed by atoms with Gasteiger partial charge in [0.1, 0.15) is 0 Å². The molecule has 0 aliphatic heterocycles. The van der Waals surface area contributed by atoms with E-state index in [1.165, 1.54) is 129 Å². The van der Waals surface area contributed by atoms with Gasteiger partial charge in [-0.25, -0.2) is 0 Å². The summed E-state index contributed by atoms with van der Waals surface area (Å²) < 4.78 is 6.02. The van der Waals surface area contributed by atoms with Gasteiger partial charge in [-0.15, -0.1) is 0 Å². The zero-order valence-corrected chi connectivity index (χ0v) is 26.9. The Morgan fingerprint density at radius 2 is 0.886 bits per heavy atom. The zero-order chi connectivity index (χ0) is 26.6. The van der Waals surface area contributed by atoms with Crippen molar-refractivity contribution in [3.05, 3.63) is 0 Å². The molecule has 0 amide bonds. The predicted octanol–water partition coefficient (Wildman–Crippen LogP) is 7.75. The van der Waals surface area contributed by atoms with E-state index in [1.54, 1.807) is 0 Å². The first-order valence-electron chi connectivity index (χ1n) is 15.5. The van der Waals surface area contributed by atoms with Crippen molar-refractivity contribution in [3.8, 4) is 0 Å². The van der Waals surface area contributed by atoms with Crippen LogP contribution in [0.25, 0.3) is 0 Å². The Balaban J connectivity index is 5.51. The fourth-order valence-corrected chi connectivity index (χ4v) is 7.02. The van der Waals surface area contributed by atoms with Crippen molar-refractivity contribution in [2.75, 3.05) is 66.0 Å². The number of hydrogen-bond acceptors (Lipinski definition) is 4. The van der Waals surface area contributed by atoms with Gasteiger partial charge in [0.2, 0.25) is 0 Å². The van der Waals surface area contributed by atoms with Crippen molar-refractivity contribution in [3.63, 3.8) is 0 Å². The molecular formula is C30H67N3OSi. The highest BCUT2D eigenvalue weighted by molar-refractivity contribution is 6.71. The SMILES string of the molecule is CCCN(CC)CCCC(CCCN(CC)CCC)(CCCN(CC)CCC)CC[Si](C)(C)OC. The van der Waals surface area contributed by atoms with Crippen LogP contribution in [0.5, 0.6) is 0 Å². The Hall–Kier alpha value is 0.0569. The highest BCUT2D eigenvalue weighted by Gasteiger charge is 2.33. The average Bonchev–Trinajstić information content (AvgIpc) is 2.85. The lowest BCUT2D eigenvalue weighted by Crippen LogP contribution is -2.34. The molecule has 0 atom stereocenters. The summed E-state index contributed by atoms with van der Waals surface area (Å²) in [4.78, 5) is 8.00. The minimum atomic E-state index is -1.56. The van der Waals surface area contributed by atoms with Crippen molar-refractivity contribution in [2.45, 2.75) is 125 Å². The van der Waals surface area contributed by atoms with E-state index in [-0.39, 0.29) is 0 Å². The molecule has 0 aromatic rings. The fraction of sp³-hybridized carbons (Fsp3) is 1.00. The summed E-state index contributed by atoms with van der Waals surface area (Å²) in [6.45, 7) is 29.9. The molecule has 0 aliphatic rings. The van der Waals surface area contributed by atoms with Crippen molar-refractivity contribution >= 4 is 8.32 Å². The fourth-order valence-electron chi connectivity index (χ4n) is 5.68. The van der Waals surface area contributed by atoms with Gasteiger partial charge in [0.25, 0.3) is 0 Å². The second-order valence-corrected chi connectivity index (χ2v) is 16.0. The van der Waals surface area contributed by atoms with Crippen molar-refractivity contribution in [1.29, 1.82) is 0 Å². The minimum Gasteiger partial charge on any atom is -0.420 e. The molecule has 35 heavy (non-hydrogen) atoms. The predicted molar refractivity (Wildman–Crippen MR) is 161 cm³/mol. The van der Waals surface area contributed by atoms with E-state index in [0.29, 0.717) is 5.41 Å². The van der Waals surface area contributed by atoms with Crippen molar-refractivity contribution in [1.82, 2.24) is 14.7 Å². The van der Waals surface area contributed by atoms with E-state index in [9.17, 15) is 0 Å². The molecule has 0 heterocycles. The molecule has 212 valence electrons. The lowest BCUT2D eigenvalue weighted by molar-refractivity contribution is 0.153. The summed E-state index contributed by atoms with van der Waals surface area (Å²) in [7, 11) is 0.390. The molecular weight excluding hydrogens is 446 g/mol. The Bertz CT molecular complexity index is 424. The molecule has 0 saturated carbocycles. The highest BCUT2D eigenvalue weighted by atomic mass is 28.4. The molecule has 0 aromatic carbocycles. The minimum absolute atomic E-state index is 0.478. The number of nitrogens with zero attached hydrogens (tertiary/aromatic N) is 3. The normalized spacial score (nSPS) is 13.0. The topological polar surface area (TPSA) is 19.0 Å². The maximum Gasteiger partial charge on any atom is 0.186 e. The second kappa shape index (κ2) is 21.0. The first kappa shape index (κ1) is 35.1. The van der Waals surface area contributed by atoms with Crippen LogP contribution in [-0.4, -0.2) is 89.0 Å². The Morgan fingerprint density at radius 1 is 0.543 bits per heavy atom. The van der Waals surface area contributed by atoms with Gasteiger partial charge in [-0.05, 0) is 148 Å². The lowest BCUT2D eigenvalue weighted by Gasteiger charge is -2.38. The molecule has 5 heteroatoms. The van der Waals surface area contributed by atoms with Crippen LogP contribution in [0.1, 0.15) is 106 Å². The van der Waals surface area contributed by atoms with Crippen molar-refractivity contribution < 1.29 is 4.43 Å². The molecule has 0 N–H and O–H groups in total. The molecule has 0 saturated heterocycles. The maximum absolute atomic E-state index is 6.02. The van der Waals surface area contributed by atoms with Crippen LogP contribution in [0.15, 0.2) is 0 Å². The summed E-state index contributed by atoms with van der Waals surface area (Å²) in [5, 5.41) is 0. The molecule has 0 bridgehead atoms. The molecule has 4 nitrogen and oxygen atoms in total. The third-order valence-electron chi connectivity index (χ3n) is 8.32. The highest BCUT2D eigenvalue weighted by Crippen LogP contribution is 2.42. The van der Waals surface area contributed by atoms with Crippen LogP contribution in [-0.2, 0) is 4.43 Å². The first-order valence-corrected chi connectivity index (χ1v) is 18.6. The van der Waals surface area contributed by atoms with E-state index in [1.807, 2.05) is 7.11 Å². The zero-order valence-electron chi connectivity index (χ0n) is 25.9. The van der Waals surface area contributed by atoms with E-state index >= 15 is 0 Å². The van der Waals surface area contributed by atoms with Crippen molar-refractivity contribution in [2.24, 2.45) is 5.41 Å². The van der Waals surface area contributed by atoms with Gasteiger partial charge in [-0.2, -0.15) is 0 Å². The van der Waals surface area contributed by atoms with Gasteiger partial charge in [0, 0.05) is 7.11 Å².